The zero-order chi connectivity index (χ0) is 72.8. The molecule has 0 aromatic rings. The molecule has 5 atom stereocenters. The molecule has 3 N–H and O–H groups in total. The van der Waals surface area contributed by atoms with Crippen molar-refractivity contribution in [1.82, 2.24) is 0 Å². The SMILES string of the molecule is CCCCCCCCCCCCCCCCCCCCCCCC(=O)O[C@H](COC(=O)CCCCCCCCCCCCCCC(C)C)COP(=O)(O)OC[C@@H](O)COP(=O)(O)OC[C@@H](COC(=O)CCCCCCCCC(C)C)OC(=O)CCCCCCCCCCCCCCCC. The first-order valence-electron chi connectivity index (χ1n) is 41.5. The summed E-state index contributed by atoms with van der Waals surface area (Å²) in [6, 6.07) is 0. The van der Waals surface area contributed by atoms with Gasteiger partial charge in [-0.25, -0.2) is 9.13 Å². The molecule has 99 heavy (non-hydrogen) atoms. The predicted octanol–water partition coefficient (Wildman–Crippen LogP) is 23.9. The second-order valence-electron chi connectivity index (χ2n) is 29.8. The van der Waals surface area contributed by atoms with E-state index in [-0.39, 0.29) is 25.7 Å². The van der Waals surface area contributed by atoms with Crippen LogP contribution in [0.5, 0.6) is 0 Å². The van der Waals surface area contributed by atoms with Gasteiger partial charge in [0.25, 0.3) is 0 Å². The molecule has 0 bridgehead atoms. The van der Waals surface area contributed by atoms with Crippen molar-refractivity contribution in [3.8, 4) is 0 Å². The normalized spacial score (nSPS) is 13.9. The summed E-state index contributed by atoms with van der Waals surface area (Å²) in [5.41, 5.74) is 0. The molecule has 0 amide bonds. The van der Waals surface area contributed by atoms with E-state index < -0.39 is 97.5 Å². The van der Waals surface area contributed by atoms with E-state index >= 15 is 0 Å². The van der Waals surface area contributed by atoms with Crippen molar-refractivity contribution in [2.45, 2.75) is 439 Å². The van der Waals surface area contributed by atoms with Crippen LogP contribution in [-0.2, 0) is 65.4 Å². The smallest absolute Gasteiger partial charge is 0.462 e. The maximum atomic E-state index is 13.1. The summed E-state index contributed by atoms with van der Waals surface area (Å²) in [6.45, 7) is 9.56. The molecule has 588 valence electrons. The molecule has 17 nitrogen and oxygen atoms in total. The summed E-state index contributed by atoms with van der Waals surface area (Å²) in [5, 5.41) is 10.6. The van der Waals surface area contributed by atoms with Gasteiger partial charge in [-0.3, -0.25) is 37.3 Å². The predicted molar refractivity (Wildman–Crippen MR) is 405 cm³/mol. The number of phosphoric ester groups is 2. The number of ether oxygens (including phenoxy) is 4. The summed E-state index contributed by atoms with van der Waals surface area (Å²) < 4.78 is 68.6. The molecule has 2 unspecified atom stereocenters. The van der Waals surface area contributed by atoms with E-state index in [1.807, 2.05) is 0 Å². The highest BCUT2D eigenvalue weighted by Crippen LogP contribution is 2.45. The van der Waals surface area contributed by atoms with Crippen LogP contribution in [0.2, 0.25) is 0 Å². The van der Waals surface area contributed by atoms with E-state index in [1.165, 1.54) is 231 Å². The monoisotopic (exact) mass is 1450 g/mol. The largest absolute Gasteiger partial charge is 0.472 e. The number of carbonyl (C=O) groups is 4. The van der Waals surface area contributed by atoms with E-state index in [0.29, 0.717) is 31.6 Å². The van der Waals surface area contributed by atoms with Gasteiger partial charge in [0, 0.05) is 25.7 Å². The lowest BCUT2D eigenvalue weighted by molar-refractivity contribution is -0.161. The van der Waals surface area contributed by atoms with Gasteiger partial charge >= 0.3 is 39.5 Å². The number of unbranched alkanes of at least 4 members (excludes halogenated alkanes) is 49. The molecule has 0 saturated heterocycles. The highest BCUT2D eigenvalue weighted by atomic mass is 31.2. The maximum absolute atomic E-state index is 13.1. The third kappa shape index (κ3) is 74.1. The number of rotatable bonds is 79. The molecule has 0 fully saturated rings. The topological polar surface area (TPSA) is 237 Å². The summed E-state index contributed by atoms with van der Waals surface area (Å²) in [7, 11) is -9.92. The highest BCUT2D eigenvalue weighted by molar-refractivity contribution is 7.47. The first-order chi connectivity index (χ1) is 47.9. The van der Waals surface area contributed by atoms with Crippen molar-refractivity contribution < 1.29 is 80.2 Å². The van der Waals surface area contributed by atoms with E-state index in [4.69, 9.17) is 37.0 Å². The van der Waals surface area contributed by atoms with Crippen LogP contribution in [0.15, 0.2) is 0 Å². The summed E-state index contributed by atoms with van der Waals surface area (Å²) in [6.07, 6.45) is 61.3. The van der Waals surface area contributed by atoms with Crippen molar-refractivity contribution in [2.24, 2.45) is 11.8 Å². The quantitative estimate of drug-likeness (QED) is 0.0222. The second kappa shape index (κ2) is 71.7. The fraction of sp³-hybridized carbons (Fsp3) is 0.950. The number of aliphatic hydroxyl groups excluding tert-OH is 1. The van der Waals surface area contributed by atoms with Crippen LogP contribution in [0.1, 0.15) is 420 Å². The molecule has 0 aliphatic rings. The maximum Gasteiger partial charge on any atom is 0.472 e. The van der Waals surface area contributed by atoms with Crippen LogP contribution < -0.4 is 0 Å². The second-order valence-corrected chi connectivity index (χ2v) is 32.7. The Bertz CT molecular complexity index is 1910. The number of carbonyl (C=O) groups excluding carboxylic acids is 4. The molecule has 0 aromatic heterocycles. The fourth-order valence-electron chi connectivity index (χ4n) is 12.4. The van der Waals surface area contributed by atoms with E-state index in [1.54, 1.807) is 0 Å². The van der Waals surface area contributed by atoms with Crippen LogP contribution in [0.3, 0.4) is 0 Å². The zero-order valence-corrected chi connectivity index (χ0v) is 66.6. The van der Waals surface area contributed by atoms with Crippen molar-refractivity contribution in [3.63, 3.8) is 0 Å². The first kappa shape index (κ1) is 97.1. The summed E-state index contributed by atoms with van der Waals surface area (Å²) in [4.78, 5) is 72.9. The number of hydrogen-bond donors (Lipinski definition) is 3. The third-order valence-corrected chi connectivity index (χ3v) is 20.6. The highest BCUT2D eigenvalue weighted by Gasteiger charge is 2.30. The molecular weight excluding hydrogens is 1290 g/mol. The Morgan fingerprint density at radius 2 is 0.465 bits per heavy atom. The Balaban J connectivity index is 5.21. The molecule has 0 aromatic carbocycles. The molecule has 0 aliphatic heterocycles. The Morgan fingerprint density at radius 3 is 0.687 bits per heavy atom. The first-order valence-corrected chi connectivity index (χ1v) is 44.5. The minimum Gasteiger partial charge on any atom is -0.462 e. The number of hydrogen-bond acceptors (Lipinski definition) is 15. The van der Waals surface area contributed by atoms with Crippen LogP contribution in [-0.4, -0.2) is 96.7 Å². The van der Waals surface area contributed by atoms with Gasteiger partial charge in [0.2, 0.25) is 0 Å². The third-order valence-electron chi connectivity index (χ3n) is 18.7. The lowest BCUT2D eigenvalue weighted by Gasteiger charge is -2.21. The molecule has 0 aliphatic carbocycles. The fourth-order valence-corrected chi connectivity index (χ4v) is 13.9. The van der Waals surface area contributed by atoms with Gasteiger partial charge in [0.15, 0.2) is 12.2 Å². The van der Waals surface area contributed by atoms with Crippen molar-refractivity contribution in [2.75, 3.05) is 39.6 Å². The van der Waals surface area contributed by atoms with Crippen LogP contribution in [0, 0.1) is 11.8 Å². The molecule has 0 heterocycles. The Hall–Kier alpha value is -1.94. The number of esters is 4. The van der Waals surface area contributed by atoms with Crippen LogP contribution >= 0.6 is 15.6 Å². The minimum atomic E-state index is -4.96. The summed E-state index contributed by atoms with van der Waals surface area (Å²) in [5.74, 6) is -0.651. The van der Waals surface area contributed by atoms with E-state index in [0.717, 1.165) is 102 Å². The van der Waals surface area contributed by atoms with Gasteiger partial charge in [-0.1, -0.05) is 369 Å². The van der Waals surface area contributed by atoms with E-state index in [9.17, 15) is 43.2 Å². The minimum absolute atomic E-state index is 0.107. The standard InChI is InChI=1S/C80H156O17P2/c1-7-9-11-13-15-17-19-21-23-24-25-26-27-28-29-31-37-41-45-53-59-65-79(84)96-75(68-90-77(82)62-56-50-43-39-35-33-32-34-38-42-48-54-60-72(3)4)70-94-98(86,87)92-66-74(81)67-93-99(88,89)95-71-76(69-91-78(83)63-57-51-47-46-49-55-61-73(5)6)97-80(85)64-58-52-44-40-36-30-22-20-18-16-14-12-10-8-2/h72-76,81H,7-71H2,1-6H3,(H,86,87)(H,88,89)/t74-,75-,76-/m1/s1. The molecule has 0 spiro atoms. The number of phosphoric acid groups is 2. The lowest BCUT2D eigenvalue weighted by Crippen LogP contribution is -2.30. The van der Waals surface area contributed by atoms with Gasteiger partial charge in [-0.15, -0.1) is 0 Å². The van der Waals surface area contributed by atoms with Gasteiger partial charge in [0.1, 0.15) is 19.3 Å². The average Bonchev–Trinajstić information content (AvgIpc) is 1.12. The van der Waals surface area contributed by atoms with Gasteiger partial charge in [-0.05, 0) is 37.5 Å². The Morgan fingerprint density at radius 1 is 0.273 bits per heavy atom. The van der Waals surface area contributed by atoms with Gasteiger partial charge < -0.3 is 33.8 Å². The zero-order valence-electron chi connectivity index (χ0n) is 64.8. The van der Waals surface area contributed by atoms with Crippen molar-refractivity contribution in [3.05, 3.63) is 0 Å². The molecular formula is C80H156O17P2. The summed E-state index contributed by atoms with van der Waals surface area (Å²) >= 11 is 0. The molecule has 0 radical (unpaired) electrons. The van der Waals surface area contributed by atoms with Crippen molar-refractivity contribution >= 4 is 39.5 Å². The molecule has 19 heteroatoms. The number of aliphatic hydroxyl groups is 1. The lowest BCUT2D eigenvalue weighted by atomic mass is 10.0. The van der Waals surface area contributed by atoms with Gasteiger partial charge in [-0.2, -0.15) is 0 Å². The van der Waals surface area contributed by atoms with Gasteiger partial charge in [0.05, 0.1) is 26.4 Å². The average molecular weight is 1450 g/mol. The van der Waals surface area contributed by atoms with Crippen LogP contribution in [0.25, 0.3) is 0 Å². The van der Waals surface area contributed by atoms with Crippen LogP contribution in [0.4, 0.5) is 0 Å². The Kier molecular flexibility index (Phi) is 70.3. The van der Waals surface area contributed by atoms with Crippen molar-refractivity contribution in [1.29, 1.82) is 0 Å². The van der Waals surface area contributed by atoms with E-state index in [2.05, 4.69) is 41.5 Å². The Labute approximate surface area is 607 Å². The molecule has 0 saturated carbocycles. The molecule has 0 rings (SSSR count).